The topological polar surface area (TPSA) is 71.3 Å². The van der Waals surface area contributed by atoms with Gasteiger partial charge in [0.25, 0.3) is 5.56 Å². The number of aliphatic hydroxyl groups is 1. The molecule has 0 radical (unpaired) electrons. The first-order chi connectivity index (χ1) is 9.02. The summed E-state index contributed by atoms with van der Waals surface area (Å²) in [5.41, 5.74) is -0.137. The van der Waals surface area contributed by atoms with Gasteiger partial charge in [0.1, 0.15) is 0 Å². The van der Waals surface area contributed by atoms with E-state index in [0.29, 0.717) is 13.0 Å². The number of carbonyl (C=O) groups is 1. The van der Waals surface area contributed by atoms with Crippen molar-refractivity contribution in [3.05, 3.63) is 33.2 Å². The molecule has 1 aromatic heterocycles. The summed E-state index contributed by atoms with van der Waals surface area (Å²) in [4.78, 5) is 23.1. The number of halogens is 1. The fourth-order valence-corrected chi connectivity index (χ4v) is 2.03. The third kappa shape index (κ3) is 6.02. The van der Waals surface area contributed by atoms with E-state index in [-0.39, 0.29) is 24.4 Å². The van der Waals surface area contributed by atoms with E-state index >= 15 is 0 Å². The summed E-state index contributed by atoms with van der Waals surface area (Å²) in [5, 5.41) is 12.1. The molecule has 0 spiro atoms. The van der Waals surface area contributed by atoms with Crippen molar-refractivity contribution in [2.75, 3.05) is 6.54 Å². The van der Waals surface area contributed by atoms with Gasteiger partial charge in [-0.1, -0.05) is 13.3 Å². The number of hydrogen-bond donors (Lipinski definition) is 2. The maximum atomic E-state index is 11.6. The molecule has 0 aromatic carbocycles. The maximum Gasteiger partial charge on any atom is 0.250 e. The van der Waals surface area contributed by atoms with Crippen LogP contribution in [0.2, 0.25) is 0 Å². The summed E-state index contributed by atoms with van der Waals surface area (Å²) in [6.07, 6.45) is 2.93. The Morgan fingerprint density at radius 1 is 1.53 bits per heavy atom. The molecular weight excluding hydrogens is 312 g/mol. The molecule has 0 bridgehead atoms. The molecular formula is C13H19BrN2O3. The number of nitrogens with zero attached hydrogens (tertiary/aromatic N) is 1. The highest BCUT2D eigenvalue weighted by Crippen LogP contribution is 2.05. The van der Waals surface area contributed by atoms with Crippen molar-refractivity contribution < 1.29 is 9.90 Å². The quantitative estimate of drug-likeness (QED) is 0.791. The zero-order valence-corrected chi connectivity index (χ0v) is 12.5. The summed E-state index contributed by atoms with van der Waals surface area (Å²) < 4.78 is 2.28. The van der Waals surface area contributed by atoms with Crippen molar-refractivity contribution in [3.63, 3.8) is 0 Å². The molecule has 5 nitrogen and oxygen atoms in total. The number of aryl methyl sites for hydroxylation is 1. The maximum absolute atomic E-state index is 11.6. The second-order valence-corrected chi connectivity index (χ2v) is 5.29. The minimum absolute atomic E-state index is 0.137. The van der Waals surface area contributed by atoms with Gasteiger partial charge in [-0.15, -0.1) is 0 Å². The van der Waals surface area contributed by atoms with Gasteiger partial charge >= 0.3 is 0 Å². The molecule has 19 heavy (non-hydrogen) atoms. The zero-order valence-electron chi connectivity index (χ0n) is 10.9. The van der Waals surface area contributed by atoms with Gasteiger partial charge in [-0.25, -0.2) is 0 Å². The molecule has 0 fully saturated rings. The Morgan fingerprint density at radius 2 is 2.26 bits per heavy atom. The highest BCUT2D eigenvalue weighted by molar-refractivity contribution is 9.10. The summed E-state index contributed by atoms with van der Waals surface area (Å²) in [7, 11) is 0. The van der Waals surface area contributed by atoms with Crippen LogP contribution in [-0.2, 0) is 11.3 Å². The van der Waals surface area contributed by atoms with Crippen molar-refractivity contribution in [3.8, 4) is 0 Å². The first kappa shape index (κ1) is 15.9. The number of rotatable bonds is 7. The van der Waals surface area contributed by atoms with Crippen LogP contribution < -0.4 is 10.9 Å². The zero-order chi connectivity index (χ0) is 14.3. The fourth-order valence-electron chi connectivity index (χ4n) is 1.65. The van der Waals surface area contributed by atoms with Gasteiger partial charge in [0.15, 0.2) is 0 Å². The smallest absolute Gasteiger partial charge is 0.250 e. The van der Waals surface area contributed by atoms with E-state index in [1.807, 2.05) is 6.92 Å². The van der Waals surface area contributed by atoms with Gasteiger partial charge < -0.3 is 15.0 Å². The fraction of sp³-hybridized carbons (Fsp3) is 0.538. The Morgan fingerprint density at radius 3 is 2.95 bits per heavy atom. The summed E-state index contributed by atoms with van der Waals surface area (Å²) in [6.45, 7) is 2.57. The molecule has 1 heterocycles. The lowest BCUT2D eigenvalue weighted by Crippen LogP contribution is -2.33. The largest absolute Gasteiger partial charge is 0.391 e. The van der Waals surface area contributed by atoms with Crippen LogP contribution in [0.4, 0.5) is 0 Å². The Kier molecular flexibility index (Phi) is 6.80. The van der Waals surface area contributed by atoms with E-state index in [1.165, 1.54) is 10.6 Å². The highest BCUT2D eigenvalue weighted by atomic mass is 79.9. The van der Waals surface area contributed by atoms with Crippen LogP contribution >= 0.6 is 15.9 Å². The average Bonchev–Trinajstić information content (AvgIpc) is 2.38. The van der Waals surface area contributed by atoms with Crippen molar-refractivity contribution >= 4 is 21.8 Å². The molecule has 0 aliphatic rings. The first-order valence-electron chi connectivity index (χ1n) is 6.33. The van der Waals surface area contributed by atoms with E-state index in [2.05, 4.69) is 21.2 Å². The monoisotopic (exact) mass is 330 g/mol. The van der Waals surface area contributed by atoms with Crippen LogP contribution in [0.5, 0.6) is 0 Å². The van der Waals surface area contributed by atoms with Crippen molar-refractivity contribution in [1.82, 2.24) is 9.88 Å². The van der Waals surface area contributed by atoms with Gasteiger partial charge in [-0.05, 0) is 28.4 Å². The van der Waals surface area contributed by atoms with E-state index < -0.39 is 6.10 Å². The van der Waals surface area contributed by atoms with Crippen LogP contribution in [0.25, 0.3) is 0 Å². The van der Waals surface area contributed by atoms with Gasteiger partial charge in [0.2, 0.25) is 5.91 Å². The lowest BCUT2D eigenvalue weighted by Gasteiger charge is -2.11. The molecule has 1 aromatic rings. The Labute approximate surface area is 120 Å². The van der Waals surface area contributed by atoms with E-state index in [9.17, 15) is 14.7 Å². The molecule has 6 heteroatoms. The molecule has 0 saturated heterocycles. The van der Waals surface area contributed by atoms with E-state index in [0.717, 1.165) is 10.9 Å². The third-order valence-electron chi connectivity index (χ3n) is 2.68. The predicted octanol–water partition coefficient (Wildman–Crippen LogP) is 1.28. The number of amides is 1. The molecule has 1 rings (SSSR count). The molecule has 106 valence electrons. The number of nitrogens with one attached hydrogen (secondary N) is 1. The Bertz CT molecular complexity index is 473. The lowest BCUT2D eigenvalue weighted by molar-refractivity contribution is -0.121. The van der Waals surface area contributed by atoms with Crippen LogP contribution in [0, 0.1) is 0 Å². The number of carbonyl (C=O) groups excluding carboxylic acids is 1. The van der Waals surface area contributed by atoms with Crippen LogP contribution in [0.1, 0.15) is 26.2 Å². The first-order valence-corrected chi connectivity index (χ1v) is 7.13. The van der Waals surface area contributed by atoms with Crippen LogP contribution in [0.15, 0.2) is 27.6 Å². The summed E-state index contributed by atoms with van der Waals surface area (Å²) in [5.74, 6) is -0.165. The van der Waals surface area contributed by atoms with Crippen molar-refractivity contribution in [2.45, 2.75) is 38.8 Å². The Balaban J connectivity index is 2.38. The minimum Gasteiger partial charge on any atom is -0.391 e. The summed E-state index contributed by atoms with van der Waals surface area (Å²) in [6, 6.07) is 3.12. The lowest BCUT2D eigenvalue weighted by atomic mass is 10.2. The number of aliphatic hydroxyl groups excluding tert-OH is 1. The molecule has 1 amide bonds. The molecule has 0 aliphatic heterocycles. The van der Waals surface area contributed by atoms with E-state index in [4.69, 9.17) is 0 Å². The highest BCUT2D eigenvalue weighted by Gasteiger charge is 2.07. The molecule has 2 N–H and O–H groups in total. The van der Waals surface area contributed by atoms with E-state index in [1.54, 1.807) is 12.3 Å². The van der Waals surface area contributed by atoms with Crippen LogP contribution in [0.3, 0.4) is 0 Å². The third-order valence-corrected chi connectivity index (χ3v) is 3.15. The Hall–Kier alpha value is -1.14. The molecule has 1 unspecified atom stereocenters. The molecule has 0 saturated carbocycles. The van der Waals surface area contributed by atoms with Gasteiger partial charge in [0, 0.05) is 36.2 Å². The standard InChI is InChI=1S/C13H19BrN2O3/c1-2-3-11(17)8-15-12(18)6-7-16-9-10(14)4-5-13(16)19/h4-5,9,11,17H,2-3,6-8H2,1H3,(H,15,18). The van der Waals surface area contributed by atoms with Crippen molar-refractivity contribution in [2.24, 2.45) is 0 Å². The van der Waals surface area contributed by atoms with Gasteiger partial charge in [-0.3, -0.25) is 9.59 Å². The second-order valence-electron chi connectivity index (χ2n) is 4.38. The average molecular weight is 331 g/mol. The number of hydrogen-bond acceptors (Lipinski definition) is 3. The predicted molar refractivity (Wildman–Crippen MR) is 76.9 cm³/mol. The van der Waals surface area contributed by atoms with Gasteiger partial charge in [0.05, 0.1) is 6.10 Å². The normalized spacial score (nSPS) is 12.2. The minimum atomic E-state index is -0.498. The van der Waals surface area contributed by atoms with Gasteiger partial charge in [-0.2, -0.15) is 0 Å². The molecule has 1 atom stereocenters. The molecule has 0 aliphatic carbocycles. The second kappa shape index (κ2) is 8.12. The SMILES string of the molecule is CCCC(O)CNC(=O)CCn1cc(Br)ccc1=O. The number of pyridine rings is 1. The number of aromatic nitrogens is 1. The van der Waals surface area contributed by atoms with Crippen molar-refractivity contribution in [1.29, 1.82) is 0 Å². The van der Waals surface area contributed by atoms with Crippen LogP contribution in [-0.4, -0.2) is 28.2 Å². The summed E-state index contributed by atoms with van der Waals surface area (Å²) >= 11 is 3.28.